The molecule has 0 aromatic carbocycles. The molecule has 1 unspecified atom stereocenters. The Kier molecular flexibility index (Phi) is 7.10. The highest BCUT2D eigenvalue weighted by molar-refractivity contribution is 5.87. The first-order chi connectivity index (χ1) is 9.04. The smallest absolute Gasteiger partial charge is 0.344 e. The van der Waals surface area contributed by atoms with Crippen molar-refractivity contribution < 1.29 is 28.7 Å². The van der Waals surface area contributed by atoms with E-state index in [0.717, 1.165) is 0 Å². The highest BCUT2D eigenvalue weighted by Crippen LogP contribution is 2.17. The van der Waals surface area contributed by atoms with Crippen LogP contribution in [0.25, 0.3) is 0 Å². The number of ketones is 2. The Hall–Kier alpha value is -1.72. The molecule has 1 atom stereocenters. The van der Waals surface area contributed by atoms with Gasteiger partial charge in [-0.05, 0) is 13.8 Å². The number of hydrogen-bond acceptors (Lipinski definition) is 6. The van der Waals surface area contributed by atoms with Crippen LogP contribution in [0.2, 0.25) is 0 Å². The van der Waals surface area contributed by atoms with Gasteiger partial charge in [0, 0.05) is 11.8 Å². The molecular weight excluding hydrogens is 264 g/mol. The van der Waals surface area contributed by atoms with E-state index in [1.807, 2.05) is 0 Å². The molecule has 0 fully saturated rings. The normalized spacial score (nSPS) is 12.4. The lowest BCUT2D eigenvalue weighted by atomic mass is 9.88. The summed E-state index contributed by atoms with van der Waals surface area (Å²) in [5.41, 5.74) is -0.504. The van der Waals surface area contributed by atoms with Crippen LogP contribution in [-0.2, 0) is 28.7 Å². The fourth-order valence-electron chi connectivity index (χ4n) is 1.12. The van der Waals surface area contributed by atoms with Crippen molar-refractivity contribution >= 4 is 23.5 Å². The number of rotatable bonds is 7. The average molecular weight is 286 g/mol. The number of esters is 2. The van der Waals surface area contributed by atoms with Crippen molar-refractivity contribution in [1.82, 2.24) is 0 Å². The predicted molar refractivity (Wildman–Crippen MR) is 70.9 cm³/mol. The molecule has 114 valence electrons. The van der Waals surface area contributed by atoms with Gasteiger partial charge in [-0.2, -0.15) is 0 Å². The molecule has 6 nitrogen and oxygen atoms in total. The molecule has 0 amide bonds. The average Bonchev–Trinajstić information content (AvgIpc) is 2.31. The van der Waals surface area contributed by atoms with Crippen LogP contribution in [0.1, 0.15) is 47.5 Å². The second kappa shape index (κ2) is 7.77. The zero-order chi connectivity index (χ0) is 15.9. The van der Waals surface area contributed by atoms with E-state index in [0.29, 0.717) is 0 Å². The van der Waals surface area contributed by atoms with Crippen molar-refractivity contribution in [1.29, 1.82) is 0 Å². The van der Waals surface area contributed by atoms with Crippen molar-refractivity contribution in [2.24, 2.45) is 5.41 Å². The van der Waals surface area contributed by atoms with Gasteiger partial charge >= 0.3 is 11.9 Å². The summed E-state index contributed by atoms with van der Waals surface area (Å²) in [6.07, 6.45) is -0.865. The zero-order valence-electron chi connectivity index (χ0n) is 12.6. The molecule has 0 aromatic rings. The molecular formula is C14H22O6. The number of ether oxygens (including phenoxy) is 2. The third kappa shape index (κ3) is 7.66. The molecule has 0 aromatic heterocycles. The van der Waals surface area contributed by atoms with Crippen molar-refractivity contribution in [2.75, 3.05) is 6.61 Å². The molecule has 0 aliphatic heterocycles. The van der Waals surface area contributed by atoms with Crippen LogP contribution in [0.5, 0.6) is 0 Å². The van der Waals surface area contributed by atoms with Gasteiger partial charge in [0.25, 0.3) is 0 Å². The Morgan fingerprint density at radius 1 is 1.00 bits per heavy atom. The molecule has 0 heterocycles. The Morgan fingerprint density at radius 2 is 1.55 bits per heavy atom. The van der Waals surface area contributed by atoms with Crippen LogP contribution in [0.3, 0.4) is 0 Å². The summed E-state index contributed by atoms with van der Waals surface area (Å²) >= 11 is 0. The van der Waals surface area contributed by atoms with Gasteiger partial charge in [-0.1, -0.05) is 20.8 Å². The van der Waals surface area contributed by atoms with Gasteiger partial charge in [-0.3, -0.25) is 14.4 Å². The monoisotopic (exact) mass is 286 g/mol. The van der Waals surface area contributed by atoms with Crippen LogP contribution < -0.4 is 0 Å². The van der Waals surface area contributed by atoms with Gasteiger partial charge in [0.15, 0.2) is 18.5 Å². The van der Waals surface area contributed by atoms with Crippen molar-refractivity contribution in [3.8, 4) is 0 Å². The summed E-state index contributed by atoms with van der Waals surface area (Å²) in [5.74, 6) is -1.78. The van der Waals surface area contributed by atoms with Crippen LogP contribution >= 0.6 is 0 Å². The van der Waals surface area contributed by atoms with Crippen molar-refractivity contribution in [2.45, 2.75) is 53.6 Å². The van der Waals surface area contributed by atoms with E-state index in [-0.39, 0.29) is 24.4 Å². The van der Waals surface area contributed by atoms with Gasteiger partial charge in [0.1, 0.15) is 5.78 Å². The SMILES string of the molecule is CC(=O)C(C)OC(=O)COC(=O)CCC(=O)C(C)(C)C. The first-order valence-corrected chi connectivity index (χ1v) is 6.43. The first kappa shape index (κ1) is 18.3. The third-order valence-electron chi connectivity index (χ3n) is 2.62. The second-order valence-corrected chi connectivity index (χ2v) is 5.58. The number of carbonyl (C=O) groups excluding carboxylic acids is 4. The highest BCUT2D eigenvalue weighted by Gasteiger charge is 2.22. The van der Waals surface area contributed by atoms with E-state index in [2.05, 4.69) is 4.74 Å². The molecule has 0 saturated carbocycles. The Balaban J connectivity index is 3.98. The molecule has 0 radical (unpaired) electrons. The van der Waals surface area contributed by atoms with E-state index in [9.17, 15) is 19.2 Å². The Morgan fingerprint density at radius 3 is 2.00 bits per heavy atom. The number of Topliss-reactive ketones (excluding diaryl/α,β-unsaturated/α-hetero) is 2. The van der Waals surface area contributed by atoms with E-state index in [1.54, 1.807) is 20.8 Å². The van der Waals surface area contributed by atoms with Gasteiger partial charge < -0.3 is 9.47 Å². The quantitative estimate of drug-likeness (QED) is 0.658. The van der Waals surface area contributed by atoms with E-state index in [4.69, 9.17) is 4.74 Å². The molecule has 0 N–H and O–H groups in total. The van der Waals surface area contributed by atoms with E-state index < -0.39 is 30.1 Å². The molecule has 0 spiro atoms. The maximum atomic E-state index is 11.6. The van der Waals surface area contributed by atoms with E-state index in [1.165, 1.54) is 13.8 Å². The molecule has 0 saturated heterocycles. The van der Waals surface area contributed by atoms with Crippen LogP contribution in [0.15, 0.2) is 0 Å². The highest BCUT2D eigenvalue weighted by atomic mass is 16.6. The predicted octanol–water partition coefficient (Wildman–Crippen LogP) is 1.45. The van der Waals surface area contributed by atoms with Crippen LogP contribution in [0.4, 0.5) is 0 Å². The van der Waals surface area contributed by atoms with Crippen LogP contribution in [0, 0.1) is 5.41 Å². The fraction of sp³-hybridized carbons (Fsp3) is 0.714. The van der Waals surface area contributed by atoms with E-state index >= 15 is 0 Å². The summed E-state index contributed by atoms with van der Waals surface area (Å²) in [6, 6.07) is 0. The lowest BCUT2D eigenvalue weighted by Crippen LogP contribution is -2.26. The summed E-state index contributed by atoms with van der Waals surface area (Å²) in [7, 11) is 0. The van der Waals surface area contributed by atoms with Crippen molar-refractivity contribution in [3.05, 3.63) is 0 Å². The first-order valence-electron chi connectivity index (χ1n) is 6.43. The molecule has 0 rings (SSSR count). The topological polar surface area (TPSA) is 86.7 Å². The molecule has 6 heteroatoms. The maximum Gasteiger partial charge on any atom is 0.344 e. The third-order valence-corrected chi connectivity index (χ3v) is 2.62. The summed E-state index contributed by atoms with van der Waals surface area (Å²) in [4.78, 5) is 45.0. The Labute approximate surface area is 118 Å². The van der Waals surface area contributed by atoms with Gasteiger partial charge in [0.2, 0.25) is 0 Å². The summed E-state index contributed by atoms with van der Waals surface area (Å²) in [5, 5.41) is 0. The minimum atomic E-state index is -0.858. The summed E-state index contributed by atoms with van der Waals surface area (Å²) in [6.45, 7) is 7.47. The Bertz CT molecular complexity index is 391. The zero-order valence-corrected chi connectivity index (χ0v) is 12.6. The maximum absolute atomic E-state index is 11.6. The molecule has 0 bridgehead atoms. The molecule has 0 aliphatic rings. The van der Waals surface area contributed by atoms with Gasteiger partial charge in [-0.15, -0.1) is 0 Å². The minimum Gasteiger partial charge on any atom is -0.454 e. The summed E-state index contributed by atoms with van der Waals surface area (Å²) < 4.78 is 9.38. The van der Waals surface area contributed by atoms with Crippen molar-refractivity contribution in [3.63, 3.8) is 0 Å². The van der Waals surface area contributed by atoms with Gasteiger partial charge in [0.05, 0.1) is 6.42 Å². The largest absolute Gasteiger partial charge is 0.454 e. The standard InChI is InChI=1S/C14H22O6/c1-9(15)10(2)20-13(18)8-19-12(17)7-6-11(16)14(3,4)5/h10H,6-8H2,1-5H3. The lowest BCUT2D eigenvalue weighted by Gasteiger charge is -2.15. The molecule has 20 heavy (non-hydrogen) atoms. The molecule has 0 aliphatic carbocycles. The minimum absolute atomic E-state index is 0.0535. The second-order valence-electron chi connectivity index (χ2n) is 5.58. The van der Waals surface area contributed by atoms with Gasteiger partial charge in [-0.25, -0.2) is 4.79 Å². The lowest BCUT2D eigenvalue weighted by molar-refractivity contribution is -0.163. The van der Waals surface area contributed by atoms with Crippen LogP contribution in [-0.4, -0.2) is 36.2 Å². The number of carbonyl (C=O) groups is 4. The number of hydrogen-bond donors (Lipinski definition) is 0. The fourth-order valence-corrected chi connectivity index (χ4v) is 1.12.